The second-order valence-electron chi connectivity index (χ2n) is 8.31. The fourth-order valence-electron chi connectivity index (χ4n) is 3.94. The van der Waals surface area contributed by atoms with E-state index in [0.29, 0.717) is 28.4 Å². The standard InChI is InChI=1S/C27H22ClN7O2/c28-21-8-10-25(35-17-30-33-34-35)20(15-21)7-11-26(36)32-24(14-18-4-2-1-3-5-18)27(37)31-22-9-6-19-12-13-29-23(19)16-22/h1-13,15-17,24,29H,14H2,(H,31,37)(H,32,36)/b11-7+/t24-/m0/s1. The molecule has 0 aliphatic rings. The maximum Gasteiger partial charge on any atom is 0.247 e. The molecule has 0 aliphatic carbocycles. The van der Waals surface area contributed by atoms with Crippen LogP contribution in [0.15, 0.2) is 91.4 Å². The molecule has 5 rings (SSSR count). The van der Waals surface area contributed by atoms with Gasteiger partial charge < -0.3 is 15.6 Å². The molecule has 0 saturated heterocycles. The van der Waals surface area contributed by atoms with Crippen molar-refractivity contribution in [3.63, 3.8) is 0 Å². The number of carbonyl (C=O) groups excluding carboxylic acids is 2. The third kappa shape index (κ3) is 5.91. The van der Waals surface area contributed by atoms with Crippen molar-refractivity contribution in [1.29, 1.82) is 0 Å². The normalized spacial score (nSPS) is 12.0. The minimum absolute atomic E-state index is 0.323. The first-order valence-electron chi connectivity index (χ1n) is 11.5. The van der Waals surface area contributed by atoms with Crippen LogP contribution in [0.4, 0.5) is 5.69 Å². The van der Waals surface area contributed by atoms with Gasteiger partial charge in [0.25, 0.3) is 0 Å². The summed E-state index contributed by atoms with van der Waals surface area (Å²) in [5.41, 5.74) is 3.75. The lowest BCUT2D eigenvalue weighted by atomic mass is 10.0. The number of hydrogen-bond acceptors (Lipinski definition) is 5. The largest absolute Gasteiger partial charge is 0.361 e. The number of H-pyrrole nitrogens is 1. The molecule has 9 nitrogen and oxygen atoms in total. The van der Waals surface area contributed by atoms with Crippen LogP contribution in [0.5, 0.6) is 0 Å². The molecule has 2 aromatic heterocycles. The zero-order chi connectivity index (χ0) is 25.6. The van der Waals surface area contributed by atoms with Gasteiger partial charge in [-0.3, -0.25) is 9.59 Å². The van der Waals surface area contributed by atoms with Crippen LogP contribution >= 0.6 is 11.6 Å². The summed E-state index contributed by atoms with van der Waals surface area (Å²) in [4.78, 5) is 29.3. The van der Waals surface area contributed by atoms with E-state index in [9.17, 15) is 9.59 Å². The SMILES string of the molecule is O=C(/C=C/c1cc(Cl)ccc1-n1cnnn1)N[C@@H](Cc1ccccc1)C(=O)Nc1ccc2cc[nH]c2c1. The van der Waals surface area contributed by atoms with Crippen LogP contribution in [0.25, 0.3) is 22.7 Å². The van der Waals surface area contributed by atoms with Crippen molar-refractivity contribution < 1.29 is 9.59 Å². The Hall–Kier alpha value is -4.76. The Morgan fingerprint density at radius 3 is 2.73 bits per heavy atom. The van der Waals surface area contributed by atoms with Crippen LogP contribution < -0.4 is 10.6 Å². The maximum absolute atomic E-state index is 13.3. The van der Waals surface area contributed by atoms with E-state index in [1.54, 1.807) is 24.3 Å². The predicted octanol–water partition coefficient (Wildman–Crippen LogP) is 4.18. The Kier molecular flexibility index (Phi) is 7.05. The van der Waals surface area contributed by atoms with Gasteiger partial charge in [-0.05, 0) is 63.9 Å². The number of nitrogens with one attached hydrogen (secondary N) is 3. The fourth-order valence-corrected chi connectivity index (χ4v) is 4.12. The molecule has 0 radical (unpaired) electrons. The predicted molar refractivity (Wildman–Crippen MR) is 142 cm³/mol. The Balaban J connectivity index is 1.35. The number of anilines is 1. The van der Waals surface area contributed by atoms with Gasteiger partial charge in [-0.15, -0.1) is 5.10 Å². The zero-order valence-corrected chi connectivity index (χ0v) is 20.3. The van der Waals surface area contributed by atoms with Crippen molar-refractivity contribution in [3.8, 4) is 5.69 Å². The van der Waals surface area contributed by atoms with E-state index in [4.69, 9.17) is 11.6 Å². The molecule has 0 aliphatic heterocycles. The molecule has 0 fully saturated rings. The van der Waals surface area contributed by atoms with Gasteiger partial charge in [-0.2, -0.15) is 4.68 Å². The van der Waals surface area contributed by atoms with Gasteiger partial charge in [-0.25, -0.2) is 0 Å². The van der Waals surface area contributed by atoms with E-state index < -0.39 is 11.9 Å². The Labute approximate surface area is 217 Å². The van der Waals surface area contributed by atoms with Crippen LogP contribution in [0.2, 0.25) is 5.02 Å². The maximum atomic E-state index is 13.3. The Bertz CT molecular complexity index is 1560. The van der Waals surface area contributed by atoms with Gasteiger partial charge in [0.15, 0.2) is 0 Å². The van der Waals surface area contributed by atoms with E-state index >= 15 is 0 Å². The van der Waals surface area contributed by atoms with Crippen LogP contribution in [0.1, 0.15) is 11.1 Å². The molecule has 2 heterocycles. The van der Waals surface area contributed by atoms with Gasteiger partial charge in [0.05, 0.1) is 5.69 Å². The summed E-state index contributed by atoms with van der Waals surface area (Å²) in [7, 11) is 0. The number of carbonyl (C=O) groups is 2. The molecule has 184 valence electrons. The second kappa shape index (κ2) is 10.9. The number of benzene rings is 3. The molecular formula is C27H22ClN7O2. The molecule has 1 atom stereocenters. The number of aromatic amines is 1. The summed E-state index contributed by atoms with van der Waals surface area (Å²) in [6.45, 7) is 0. The van der Waals surface area contributed by atoms with Crippen molar-refractivity contribution in [2.75, 3.05) is 5.32 Å². The van der Waals surface area contributed by atoms with Gasteiger partial charge in [0.2, 0.25) is 11.8 Å². The lowest BCUT2D eigenvalue weighted by molar-refractivity contribution is -0.123. The van der Waals surface area contributed by atoms with E-state index in [1.165, 1.54) is 17.1 Å². The van der Waals surface area contributed by atoms with E-state index in [2.05, 4.69) is 31.1 Å². The summed E-state index contributed by atoms with van der Waals surface area (Å²) in [6, 6.07) is 21.4. The van der Waals surface area contributed by atoms with Crippen molar-refractivity contribution in [1.82, 2.24) is 30.5 Å². The number of hydrogen-bond donors (Lipinski definition) is 3. The summed E-state index contributed by atoms with van der Waals surface area (Å²) in [5, 5.41) is 18.5. The molecule has 2 amide bonds. The molecule has 0 bridgehead atoms. The first-order valence-corrected chi connectivity index (χ1v) is 11.9. The first kappa shape index (κ1) is 24.0. The number of tetrazole rings is 1. The minimum atomic E-state index is -0.808. The Morgan fingerprint density at radius 1 is 1.05 bits per heavy atom. The molecule has 3 aromatic carbocycles. The molecule has 3 N–H and O–H groups in total. The first-order chi connectivity index (χ1) is 18.0. The van der Waals surface area contributed by atoms with Gasteiger partial charge in [0.1, 0.15) is 12.4 Å². The molecule has 10 heteroatoms. The highest BCUT2D eigenvalue weighted by Gasteiger charge is 2.21. The van der Waals surface area contributed by atoms with Crippen LogP contribution in [-0.4, -0.2) is 43.0 Å². The smallest absolute Gasteiger partial charge is 0.247 e. The Morgan fingerprint density at radius 2 is 1.92 bits per heavy atom. The van der Waals surface area contributed by atoms with Crippen molar-refractivity contribution in [3.05, 3.63) is 108 Å². The third-order valence-corrected chi connectivity index (χ3v) is 5.97. The second-order valence-corrected chi connectivity index (χ2v) is 8.75. The van der Waals surface area contributed by atoms with Gasteiger partial charge in [-0.1, -0.05) is 48.0 Å². The van der Waals surface area contributed by atoms with E-state index in [-0.39, 0.29) is 5.91 Å². The van der Waals surface area contributed by atoms with E-state index in [0.717, 1.165) is 16.5 Å². The van der Waals surface area contributed by atoms with Crippen LogP contribution in [-0.2, 0) is 16.0 Å². The lowest BCUT2D eigenvalue weighted by Gasteiger charge is -2.18. The molecule has 0 unspecified atom stereocenters. The molecule has 0 saturated carbocycles. The van der Waals surface area contributed by atoms with Crippen LogP contribution in [0, 0.1) is 0 Å². The minimum Gasteiger partial charge on any atom is -0.361 e. The van der Waals surface area contributed by atoms with Gasteiger partial charge in [0, 0.05) is 40.5 Å². The van der Waals surface area contributed by atoms with Crippen molar-refractivity contribution in [2.45, 2.75) is 12.5 Å². The number of nitrogens with zero attached hydrogens (tertiary/aromatic N) is 4. The number of rotatable bonds is 8. The average molecular weight is 512 g/mol. The van der Waals surface area contributed by atoms with Crippen LogP contribution in [0.3, 0.4) is 0 Å². The summed E-state index contributed by atoms with van der Waals surface area (Å²) in [6.07, 6.45) is 6.58. The number of fused-ring (bicyclic) bond motifs is 1. The highest BCUT2D eigenvalue weighted by molar-refractivity contribution is 6.30. The quantitative estimate of drug-likeness (QED) is 0.270. The van der Waals surface area contributed by atoms with Gasteiger partial charge >= 0.3 is 0 Å². The third-order valence-electron chi connectivity index (χ3n) is 5.74. The van der Waals surface area contributed by atoms with Crippen molar-refractivity contribution >= 4 is 46.1 Å². The number of aromatic nitrogens is 5. The van der Waals surface area contributed by atoms with E-state index in [1.807, 2.05) is 60.8 Å². The number of amides is 2. The molecular weight excluding hydrogens is 490 g/mol. The number of halogens is 1. The molecule has 5 aromatic rings. The summed E-state index contributed by atoms with van der Waals surface area (Å²) < 4.78 is 1.47. The highest BCUT2D eigenvalue weighted by atomic mass is 35.5. The molecule has 0 spiro atoms. The monoisotopic (exact) mass is 511 g/mol. The summed E-state index contributed by atoms with van der Waals surface area (Å²) >= 11 is 6.17. The average Bonchev–Trinajstić information content (AvgIpc) is 3.60. The lowest BCUT2D eigenvalue weighted by Crippen LogP contribution is -2.44. The zero-order valence-electron chi connectivity index (χ0n) is 19.5. The topological polar surface area (TPSA) is 118 Å². The van der Waals surface area contributed by atoms with Crippen molar-refractivity contribution in [2.24, 2.45) is 0 Å². The molecule has 37 heavy (non-hydrogen) atoms. The highest BCUT2D eigenvalue weighted by Crippen LogP contribution is 2.21. The fraction of sp³-hybridized carbons (Fsp3) is 0.0741. The summed E-state index contributed by atoms with van der Waals surface area (Å²) in [5.74, 6) is -0.757.